The molecule has 7 heteroatoms. The number of halogens is 3. The van der Waals surface area contributed by atoms with Crippen molar-refractivity contribution in [2.24, 2.45) is 0 Å². The topological polar surface area (TPSA) is 54.1 Å². The van der Waals surface area contributed by atoms with Crippen LogP contribution in [0.15, 0.2) is 48.5 Å². The third kappa shape index (κ3) is 3.76. The number of amides is 1. The molecular formula is C18H15F3N2O2. The van der Waals surface area contributed by atoms with Crippen LogP contribution < -0.4 is 5.32 Å². The molecule has 0 fully saturated rings. The Morgan fingerprint density at radius 2 is 1.84 bits per heavy atom. The Kier molecular flexibility index (Phi) is 4.39. The number of hydrogen-bond acceptors (Lipinski definition) is 2. The van der Waals surface area contributed by atoms with E-state index in [2.05, 4.69) is 10.3 Å². The number of H-pyrrole nitrogens is 1. The summed E-state index contributed by atoms with van der Waals surface area (Å²) < 4.78 is 42.7. The number of rotatable bonds is 3. The molecule has 0 unspecified atom stereocenters. The highest BCUT2D eigenvalue weighted by Gasteiger charge is 2.30. The fourth-order valence-corrected chi connectivity index (χ4v) is 2.49. The number of aromatic nitrogens is 1. The van der Waals surface area contributed by atoms with Crippen molar-refractivity contribution in [1.82, 2.24) is 4.98 Å². The Bertz CT molecular complexity index is 899. The quantitative estimate of drug-likeness (QED) is 0.664. The Morgan fingerprint density at radius 1 is 1.12 bits per heavy atom. The summed E-state index contributed by atoms with van der Waals surface area (Å²) in [6.07, 6.45) is -4.90. The fourth-order valence-electron chi connectivity index (χ4n) is 2.49. The minimum absolute atomic E-state index is 0.274. The number of nitrogens with one attached hydrogen (secondary N) is 2. The molecule has 1 heterocycles. The van der Waals surface area contributed by atoms with Crippen LogP contribution >= 0.6 is 0 Å². The van der Waals surface area contributed by atoms with E-state index in [9.17, 15) is 18.0 Å². The van der Waals surface area contributed by atoms with E-state index in [-0.39, 0.29) is 6.61 Å². The molecule has 4 nitrogen and oxygen atoms in total. The third-order valence-corrected chi connectivity index (χ3v) is 3.67. The second kappa shape index (κ2) is 6.51. The lowest BCUT2D eigenvalue weighted by Gasteiger charge is -2.06. The van der Waals surface area contributed by atoms with Gasteiger partial charge in [0.2, 0.25) is 0 Å². The van der Waals surface area contributed by atoms with Crippen LogP contribution in [0.3, 0.4) is 0 Å². The van der Waals surface area contributed by atoms with Crippen molar-refractivity contribution in [3.05, 3.63) is 54.1 Å². The van der Waals surface area contributed by atoms with Gasteiger partial charge in [-0.25, -0.2) is 4.79 Å². The Hall–Kier alpha value is -2.96. The van der Waals surface area contributed by atoms with Crippen molar-refractivity contribution in [2.45, 2.75) is 13.1 Å². The van der Waals surface area contributed by atoms with E-state index in [0.29, 0.717) is 16.9 Å². The van der Waals surface area contributed by atoms with Crippen molar-refractivity contribution in [3.63, 3.8) is 0 Å². The van der Waals surface area contributed by atoms with Gasteiger partial charge in [-0.05, 0) is 48.9 Å². The average Bonchev–Trinajstić information content (AvgIpc) is 2.97. The molecule has 1 amide bonds. The van der Waals surface area contributed by atoms with Crippen molar-refractivity contribution in [1.29, 1.82) is 0 Å². The van der Waals surface area contributed by atoms with Gasteiger partial charge in [0.15, 0.2) is 0 Å². The zero-order valence-electron chi connectivity index (χ0n) is 13.3. The minimum atomic E-state index is -4.35. The highest BCUT2D eigenvalue weighted by molar-refractivity contribution is 5.92. The largest absolute Gasteiger partial charge is 0.450 e. The van der Waals surface area contributed by atoms with Gasteiger partial charge < -0.3 is 9.72 Å². The molecule has 2 aromatic carbocycles. The number of carbonyl (C=O) groups excluding carboxylic acids is 1. The number of anilines is 1. The lowest BCUT2D eigenvalue weighted by Crippen LogP contribution is -2.12. The van der Waals surface area contributed by atoms with Crippen LogP contribution in [0.1, 0.15) is 12.5 Å². The van der Waals surface area contributed by atoms with E-state index in [1.165, 1.54) is 12.1 Å². The molecule has 3 aromatic rings. The highest BCUT2D eigenvalue weighted by Crippen LogP contribution is 2.32. The van der Waals surface area contributed by atoms with E-state index in [1.54, 1.807) is 25.1 Å². The van der Waals surface area contributed by atoms with Gasteiger partial charge in [0.05, 0.1) is 12.2 Å². The van der Waals surface area contributed by atoms with Gasteiger partial charge in [0, 0.05) is 22.3 Å². The lowest BCUT2D eigenvalue weighted by molar-refractivity contribution is -0.137. The summed E-state index contributed by atoms with van der Waals surface area (Å²) in [4.78, 5) is 14.6. The van der Waals surface area contributed by atoms with E-state index in [1.807, 2.05) is 6.07 Å². The minimum Gasteiger partial charge on any atom is -0.450 e. The molecule has 0 spiro atoms. The predicted octanol–water partition coefficient (Wildman–Crippen LogP) is 5.42. The van der Waals surface area contributed by atoms with Crippen LogP contribution in [-0.2, 0) is 10.9 Å². The summed E-state index contributed by atoms with van der Waals surface area (Å²) in [6, 6.07) is 12.0. The normalized spacial score (nSPS) is 11.5. The van der Waals surface area contributed by atoms with Crippen molar-refractivity contribution >= 4 is 22.7 Å². The lowest BCUT2D eigenvalue weighted by atomic mass is 10.1. The molecule has 0 saturated heterocycles. The molecule has 0 atom stereocenters. The molecule has 0 aliphatic carbocycles. The predicted molar refractivity (Wildman–Crippen MR) is 89.4 cm³/mol. The number of hydrogen-bond donors (Lipinski definition) is 2. The number of alkyl halides is 3. The highest BCUT2D eigenvalue weighted by atomic mass is 19.4. The molecule has 25 heavy (non-hydrogen) atoms. The van der Waals surface area contributed by atoms with Crippen LogP contribution in [-0.4, -0.2) is 17.7 Å². The molecule has 0 bridgehead atoms. The zero-order valence-corrected chi connectivity index (χ0v) is 13.3. The zero-order chi connectivity index (χ0) is 18.0. The molecule has 0 radical (unpaired) electrons. The van der Waals surface area contributed by atoms with Crippen LogP contribution in [0.25, 0.3) is 22.2 Å². The van der Waals surface area contributed by atoms with Gasteiger partial charge >= 0.3 is 12.3 Å². The molecule has 0 saturated carbocycles. The molecule has 2 N–H and O–H groups in total. The van der Waals surface area contributed by atoms with Gasteiger partial charge in [0.25, 0.3) is 0 Å². The fraction of sp³-hybridized carbons (Fsp3) is 0.167. The number of ether oxygens (including phenoxy) is 1. The third-order valence-electron chi connectivity index (χ3n) is 3.67. The van der Waals surface area contributed by atoms with Crippen LogP contribution in [0.2, 0.25) is 0 Å². The maximum Gasteiger partial charge on any atom is 0.416 e. The summed E-state index contributed by atoms with van der Waals surface area (Å²) >= 11 is 0. The Labute approximate surface area is 141 Å². The smallest absolute Gasteiger partial charge is 0.416 e. The SMILES string of the molecule is CCOC(=O)Nc1ccc2[nH]c(-c3ccc(C(F)(F)F)cc3)cc2c1. The summed E-state index contributed by atoms with van der Waals surface area (Å²) in [5, 5.41) is 3.43. The average molecular weight is 348 g/mol. The van der Waals surface area contributed by atoms with Crippen molar-refractivity contribution < 1.29 is 22.7 Å². The number of fused-ring (bicyclic) bond motifs is 1. The summed E-state index contributed by atoms with van der Waals surface area (Å²) in [5.74, 6) is 0. The molecule has 3 rings (SSSR count). The van der Waals surface area contributed by atoms with E-state index >= 15 is 0 Å². The first-order valence-electron chi connectivity index (χ1n) is 7.61. The first-order valence-corrected chi connectivity index (χ1v) is 7.61. The van der Waals surface area contributed by atoms with Gasteiger partial charge in [-0.1, -0.05) is 12.1 Å². The number of benzene rings is 2. The summed E-state index contributed by atoms with van der Waals surface area (Å²) in [6.45, 7) is 1.99. The molecule has 0 aliphatic heterocycles. The second-order valence-corrected chi connectivity index (χ2v) is 5.41. The monoisotopic (exact) mass is 348 g/mol. The van der Waals surface area contributed by atoms with E-state index < -0.39 is 17.8 Å². The molecule has 0 aliphatic rings. The maximum absolute atomic E-state index is 12.6. The Balaban J connectivity index is 1.87. The first-order chi connectivity index (χ1) is 11.9. The van der Waals surface area contributed by atoms with Gasteiger partial charge in [-0.2, -0.15) is 13.2 Å². The van der Waals surface area contributed by atoms with Crippen LogP contribution in [0, 0.1) is 0 Å². The standard InChI is InChI=1S/C18H15F3N2O2/c1-2-25-17(24)22-14-7-8-15-12(9-14)10-16(23-15)11-3-5-13(6-4-11)18(19,20)21/h3-10,23H,2H2,1H3,(H,22,24). The summed E-state index contributed by atoms with van der Waals surface area (Å²) in [7, 11) is 0. The molecular weight excluding hydrogens is 333 g/mol. The van der Waals surface area contributed by atoms with Gasteiger partial charge in [0.1, 0.15) is 0 Å². The first kappa shape index (κ1) is 16.9. The van der Waals surface area contributed by atoms with Gasteiger partial charge in [-0.15, -0.1) is 0 Å². The van der Waals surface area contributed by atoms with Crippen LogP contribution in [0.5, 0.6) is 0 Å². The van der Waals surface area contributed by atoms with E-state index in [0.717, 1.165) is 23.0 Å². The molecule has 1 aromatic heterocycles. The second-order valence-electron chi connectivity index (χ2n) is 5.41. The van der Waals surface area contributed by atoms with Gasteiger partial charge in [-0.3, -0.25) is 5.32 Å². The maximum atomic E-state index is 12.6. The van der Waals surface area contributed by atoms with Crippen molar-refractivity contribution in [3.8, 4) is 11.3 Å². The van der Waals surface area contributed by atoms with Crippen molar-refractivity contribution in [2.75, 3.05) is 11.9 Å². The summed E-state index contributed by atoms with van der Waals surface area (Å²) in [5.41, 5.74) is 2.03. The molecule has 130 valence electrons. The van der Waals surface area contributed by atoms with Crippen LogP contribution in [0.4, 0.5) is 23.7 Å². The van der Waals surface area contributed by atoms with E-state index in [4.69, 9.17) is 4.74 Å². The number of aromatic amines is 1. The Morgan fingerprint density at radius 3 is 2.48 bits per heavy atom. The number of carbonyl (C=O) groups is 1.